The molecule has 0 spiro atoms. The van der Waals surface area contributed by atoms with E-state index in [1.54, 1.807) is 0 Å². The summed E-state index contributed by atoms with van der Waals surface area (Å²) in [5, 5.41) is 0. The molecule has 0 aliphatic carbocycles. The van der Waals surface area contributed by atoms with Crippen LogP contribution in [0.1, 0.15) is 27.7 Å². The minimum Gasteiger partial charge on any atom is -0.376 e. The molecule has 0 aromatic heterocycles. The predicted octanol–water partition coefficient (Wildman–Crippen LogP) is 1.37. The first-order chi connectivity index (χ1) is 7.42. The van der Waals surface area contributed by atoms with E-state index < -0.39 is 0 Å². The maximum atomic E-state index is 5.46. The number of epoxide rings is 2. The van der Waals surface area contributed by atoms with E-state index in [1.807, 2.05) is 0 Å². The predicted molar refractivity (Wildman–Crippen MR) is 59.5 cm³/mol. The van der Waals surface area contributed by atoms with Crippen molar-refractivity contribution in [2.45, 2.75) is 51.1 Å². The second-order valence-corrected chi connectivity index (χ2v) is 5.57. The highest BCUT2D eigenvalue weighted by Crippen LogP contribution is 2.35. The first kappa shape index (κ1) is 12.3. The van der Waals surface area contributed by atoms with Gasteiger partial charge in [0, 0.05) is 0 Å². The average molecular weight is 230 g/mol. The van der Waals surface area contributed by atoms with Crippen molar-refractivity contribution in [3.63, 3.8) is 0 Å². The molecule has 2 aliphatic rings. The Balaban J connectivity index is 1.39. The molecule has 0 aromatic rings. The lowest BCUT2D eigenvalue weighted by Gasteiger charge is -2.04. The molecule has 2 heterocycles. The fourth-order valence-corrected chi connectivity index (χ4v) is 1.63. The molecule has 16 heavy (non-hydrogen) atoms. The minimum absolute atomic E-state index is 0.0206. The maximum absolute atomic E-state index is 5.46. The Kier molecular flexibility index (Phi) is 3.27. The van der Waals surface area contributed by atoms with Crippen molar-refractivity contribution in [1.82, 2.24) is 0 Å². The number of ether oxygens (including phenoxy) is 4. The Bertz CT molecular complexity index is 223. The van der Waals surface area contributed by atoms with Crippen molar-refractivity contribution in [2.24, 2.45) is 0 Å². The fourth-order valence-electron chi connectivity index (χ4n) is 1.63. The molecule has 0 saturated carbocycles. The van der Waals surface area contributed by atoms with Gasteiger partial charge in [-0.15, -0.1) is 0 Å². The van der Waals surface area contributed by atoms with Crippen LogP contribution in [-0.2, 0) is 18.9 Å². The smallest absolute Gasteiger partial charge is 0.110 e. The van der Waals surface area contributed by atoms with Crippen LogP contribution in [0.5, 0.6) is 0 Å². The van der Waals surface area contributed by atoms with E-state index in [0.717, 1.165) is 0 Å². The maximum Gasteiger partial charge on any atom is 0.110 e. The van der Waals surface area contributed by atoms with Gasteiger partial charge in [0.05, 0.1) is 37.6 Å². The Hall–Kier alpha value is -0.160. The molecule has 0 N–H and O–H groups in total. The molecule has 4 heteroatoms. The van der Waals surface area contributed by atoms with Gasteiger partial charge in [-0.2, -0.15) is 0 Å². The van der Waals surface area contributed by atoms with Crippen molar-refractivity contribution in [1.29, 1.82) is 0 Å². The van der Waals surface area contributed by atoms with Crippen LogP contribution in [0.4, 0.5) is 0 Å². The highest BCUT2D eigenvalue weighted by atomic mass is 16.6. The molecule has 4 nitrogen and oxygen atoms in total. The second kappa shape index (κ2) is 4.26. The highest BCUT2D eigenvalue weighted by Gasteiger charge is 2.48. The zero-order valence-electron chi connectivity index (χ0n) is 10.6. The number of rotatable bonds is 7. The molecule has 0 aromatic carbocycles. The van der Waals surface area contributed by atoms with Crippen molar-refractivity contribution >= 4 is 0 Å². The van der Waals surface area contributed by atoms with Crippen LogP contribution in [-0.4, -0.2) is 49.8 Å². The normalized spacial score (nSPS) is 33.8. The molecule has 2 saturated heterocycles. The lowest BCUT2D eigenvalue weighted by molar-refractivity contribution is 0.0365. The standard InChI is InChI=1S/C12H22O4/c1-11(2)9(15-11)7-13-5-6-14-8-10-12(3,4)16-10/h9-10H,5-8H2,1-4H3. The Morgan fingerprint density at radius 3 is 1.38 bits per heavy atom. The first-order valence-corrected chi connectivity index (χ1v) is 5.93. The van der Waals surface area contributed by atoms with E-state index in [9.17, 15) is 0 Å². The third kappa shape index (κ3) is 3.17. The van der Waals surface area contributed by atoms with E-state index in [0.29, 0.717) is 26.4 Å². The summed E-state index contributed by atoms with van der Waals surface area (Å²) in [5.41, 5.74) is 0.0411. The van der Waals surface area contributed by atoms with Gasteiger partial charge in [0.1, 0.15) is 12.2 Å². The van der Waals surface area contributed by atoms with Gasteiger partial charge in [0.15, 0.2) is 0 Å². The molecular weight excluding hydrogens is 208 g/mol. The summed E-state index contributed by atoms with van der Waals surface area (Å²) in [6, 6.07) is 0. The SMILES string of the molecule is CC1(C)OC1COCCOCC1OC1(C)C. The van der Waals surface area contributed by atoms with Gasteiger partial charge in [-0.3, -0.25) is 0 Å². The number of hydrogen-bond acceptors (Lipinski definition) is 4. The molecule has 2 aliphatic heterocycles. The van der Waals surface area contributed by atoms with E-state index in [1.165, 1.54) is 0 Å². The van der Waals surface area contributed by atoms with Crippen molar-refractivity contribution < 1.29 is 18.9 Å². The quantitative estimate of drug-likeness (QED) is 0.489. The van der Waals surface area contributed by atoms with Gasteiger partial charge in [0.2, 0.25) is 0 Å². The van der Waals surface area contributed by atoms with Crippen LogP contribution >= 0.6 is 0 Å². The summed E-state index contributed by atoms with van der Waals surface area (Å²) >= 11 is 0. The van der Waals surface area contributed by atoms with Gasteiger partial charge in [0.25, 0.3) is 0 Å². The van der Waals surface area contributed by atoms with Gasteiger partial charge < -0.3 is 18.9 Å². The van der Waals surface area contributed by atoms with Crippen LogP contribution in [0.2, 0.25) is 0 Å². The first-order valence-electron chi connectivity index (χ1n) is 5.93. The highest BCUT2D eigenvalue weighted by molar-refractivity contribution is 4.95. The molecule has 0 amide bonds. The molecule has 2 atom stereocenters. The van der Waals surface area contributed by atoms with Crippen LogP contribution in [0.15, 0.2) is 0 Å². The van der Waals surface area contributed by atoms with Crippen LogP contribution in [0.3, 0.4) is 0 Å². The lowest BCUT2D eigenvalue weighted by Crippen LogP contribution is -2.15. The molecular formula is C12H22O4. The zero-order chi connectivity index (χ0) is 11.8. The Labute approximate surface area is 97.2 Å². The summed E-state index contributed by atoms with van der Waals surface area (Å²) in [7, 11) is 0. The zero-order valence-corrected chi connectivity index (χ0v) is 10.6. The summed E-state index contributed by atoms with van der Waals surface area (Å²) < 4.78 is 21.7. The van der Waals surface area contributed by atoms with Crippen molar-refractivity contribution in [3.05, 3.63) is 0 Å². The molecule has 94 valence electrons. The van der Waals surface area contributed by atoms with Gasteiger partial charge in [-0.1, -0.05) is 0 Å². The van der Waals surface area contributed by atoms with Crippen molar-refractivity contribution in [2.75, 3.05) is 26.4 Å². The Morgan fingerprint density at radius 1 is 0.812 bits per heavy atom. The summed E-state index contributed by atoms with van der Waals surface area (Å²) in [5.74, 6) is 0. The van der Waals surface area contributed by atoms with E-state index in [2.05, 4.69) is 27.7 Å². The van der Waals surface area contributed by atoms with E-state index in [4.69, 9.17) is 18.9 Å². The van der Waals surface area contributed by atoms with E-state index >= 15 is 0 Å². The summed E-state index contributed by atoms with van der Waals surface area (Å²) in [4.78, 5) is 0. The molecule has 0 bridgehead atoms. The Morgan fingerprint density at radius 2 is 1.12 bits per heavy atom. The lowest BCUT2D eigenvalue weighted by atomic mass is 10.1. The summed E-state index contributed by atoms with van der Waals surface area (Å²) in [6.45, 7) is 10.9. The van der Waals surface area contributed by atoms with Gasteiger partial charge in [-0.05, 0) is 27.7 Å². The fraction of sp³-hybridized carbons (Fsp3) is 1.00. The number of hydrogen-bond donors (Lipinski definition) is 0. The third-order valence-electron chi connectivity index (χ3n) is 3.24. The molecule has 0 radical (unpaired) electrons. The van der Waals surface area contributed by atoms with E-state index in [-0.39, 0.29) is 23.4 Å². The topological polar surface area (TPSA) is 43.5 Å². The molecule has 2 unspecified atom stereocenters. The average Bonchev–Trinajstić information content (AvgIpc) is 2.97. The van der Waals surface area contributed by atoms with Crippen LogP contribution in [0.25, 0.3) is 0 Å². The van der Waals surface area contributed by atoms with Gasteiger partial charge in [-0.25, -0.2) is 0 Å². The van der Waals surface area contributed by atoms with Crippen LogP contribution < -0.4 is 0 Å². The minimum atomic E-state index is 0.0206. The molecule has 2 rings (SSSR count). The van der Waals surface area contributed by atoms with Gasteiger partial charge >= 0.3 is 0 Å². The van der Waals surface area contributed by atoms with Crippen LogP contribution in [0, 0.1) is 0 Å². The largest absolute Gasteiger partial charge is 0.376 e. The summed E-state index contributed by atoms with van der Waals surface area (Å²) in [6.07, 6.45) is 0.524. The monoisotopic (exact) mass is 230 g/mol. The molecule has 2 fully saturated rings. The second-order valence-electron chi connectivity index (χ2n) is 5.57. The van der Waals surface area contributed by atoms with Crippen molar-refractivity contribution in [3.8, 4) is 0 Å². The third-order valence-corrected chi connectivity index (χ3v) is 3.24.